The summed E-state index contributed by atoms with van der Waals surface area (Å²) in [4.78, 5) is 18.0. The topological polar surface area (TPSA) is 42.0 Å². The van der Waals surface area contributed by atoms with Gasteiger partial charge in [-0.2, -0.15) is 0 Å². The largest absolute Gasteiger partial charge is 0.301 e. The molecule has 30 heavy (non-hydrogen) atoms. The van der Waals surface area contributed by atoms with Crippen LogP contribution in [0.3, 0.4) is 0 Å². The Labute approximate surface area is 179 Å². The standard InChI is InChI=1S/C25H23FN2OS/c1-3-25(2,22(17-10-6-4-7-11-17)18-12-8-5-9-13-18)23(29)28-24-27-20-15-14-19(26)16-21(20)30-24/h4-16,22H,3H2,1-2H3,(H,27,28,29). The van der Waals surface area contributed by atoms with Crippen molar-refractivity contribution in [2.45, 2.75) is 26.2 Å². The molecule has 1 aromatic heterocycles. The van der Waals surface area contributed by atoms with E-state index in [1.165, 1.54) is 23.5 Å². The maximum Gasteiger partial charge on any atom is 0.233 e. The van der Waals surface area contributed by atoms with Crippen LogP contribution >= 0.6 is 11.3 Å². The summed E-state index contributed by atoms with van der Waals surface area (Å²) in [6, 6.07) is 24.7. The fraction of sp³-hybridized carbons (Fsp3) is 0.200. The second-order valence-electron chi connectivity index (χ2n) is 7.61. The average molecular weight is 419 g/mol. The molecule has 0 aliphatic heterocycles. The third-order valence-corrected chi connectivity index (χ3v) is 6.66. The Hall–Kier alpha value is -3.05. The van der Waals surface area contributed by atoms with Gasteiger partial charge in [0.05, 0.1) is 15.6 Å². The van der Waals surface area contributed by atoms with Crippen molar-refractivity contribution in [3.8, 4) is 0 Å². The van der Waals surface area contributed by atoms with Crippen molar-refractivity contribution >= 4 is 32.6 Å². The molecule has 4 aromatic rings. The van der Waals surface area contributed by atoms with E-state index >= 15 is 0 Å². The zero-order chi connectivity index (χ0) is 21.1. The molecule has 0 spiro atoms. The van der Waals surface area contributed by atoms with Crippen LogP contribution in [-0.2, 0) is 4.79 Å². The van der Waals surface area contributed by atoms with E-state index in [1.807, 2.05) is 50.2 Å². The minimum absolute atomic E-state index is 0.0952. The van der Waals surface area contributed by atoms with Gasteiger partial charge in [0.25, 0.3) is 0 Å². The Bertz CT molecular complexity index is 1120. The van der Waals surface area contributed by atoms with Crippen molar-refractivity contribution in [2.24, 2.45) is 5.41 Å². The fourth-order valence-electron chi connectivity index (χ4n) is 3.91. The van der Waals surface area contributed by atoms with E-state index in [0.29, 0.717) is 21.8 Å². The number of halogens is 1. The molecule has 3 aromatic carbocycles. The summed E-state index contributed by atoms with van der Waals surface area (Å²) in [5.74, 6) is -0.519. The molecular formula is C25H23FN2OS. The van der Waals surface area contributed by atoms with Gasteiger partial charge in [-0.15, -0.1) is 0 Å². The van der Waals surface area contributed by atoms with Gasteiger partial charge in [-0.05, 0) is 42.7 Å². The Morgan fingerprint density at radius 1 is 1.03 bits per heavy atom. The lowest BCUT2D eigenvalue weighted by molar-refractivity contribution is -0.125. The van der Waals surface area contributed by atoms with Crippen LogP contribution < -0.4 is 5.32 Å². The van der Waals surface area contributed by atoms with Gasteiger partial charge in [0.1, 0.15) is 5.82 Å². The number of thiazole rings is 1. The molecule has 0 saturated heterocycles. The number of nitrogens with zero attached hydrogens (tertiary/aromatic N) is 1. The Kier molecular flexibility index (Phi) is 5.64. The summed E-state index contributed by atoms with van der Waals surface area (Å²) >= 11 is 1.29. The molecule has 1 atom stereocenters. The predicted octanol–water partition coefficient (Wildman–Crippen LogP) is 6.62. The lowest BCUT2D eigenvalue weighted by Crippen LogP contribution is -2.39. The molecule has 0 aliphatic carbocycles. The molecule has 0 radical (unpaired) electrons. The number of aromatic nitrogens is 1. The van der Waals surface area contributed by atoms with E-state index in [1.54, 1.807) is 6.07 Å². The number of anilines is 1. The van der Waals surface area contributed by atoms with E-state index in [-0.39, 0.29) is 17.6 Å². The first kappa shape index (κ1) is 20.2. The lowest BCUT2D eigenvalue weighted by Gasteiger charge is -2.36. The summed E-state index contributed by atoms with van der Waals surface area (Å²) in [6.07, 6.45) is 0.646. The first-order valence-corrected chi connectivity index (χ1v) is 10.8. The summed E-state index contributed by atoms with van der Waals surface area (Å²) < 4.78 is 14.2. The molecule has 0 fully saturated rings. The first-order chi connectivity index (χ1) is 14.5. The maximum atomic E-state index is 13.6. The molecule has 3 nitrogen and oxygen atoms in total. The number of hydrogen-bond acceptors (Lipinski definition) is 3. The van der Waals surface area contributed by atoms with Crippen molar-refractivity contribution in [3.63, 3.8) is 0 Å². The molecule has 1 heterocycles. The smallest absolute Gasteiger partial charge is 0.233 e. The van der Waals surface area contributed by atoms with E-state index in [4.69, 9.17) is 0 Å². The van der Waals surface area contributed by atoms with E-state index < -0.39 is 5.41 Å². The van der Waals surface area contributed by atoms with Gasteiger partial charge in [-0.25, -0.2) is 9.37 Å². The molecule has 1 unspecified atom stereocenters. The van der Waals surface area contributed by atoms with E-state index in [2.05, 4.69) is 34.6 Å². The SMILES string of the molecule is CCC(C)(C(=O)Nc1nc2ccc(F)cc2s1)C(c1ccccc1)c1ccccc1. The van der Waals surface area contributed by atoms with Crippen molar-refractivity contribution in [3.05, 3.63) is 95.8 Å². The number of carbonyl (C=O) groups is 1. The Balaban J connectivity index is 1.72. The van der Waals surface area contributed by atoms with Crippen molar-refractivity contribution in [2.75, 3.05) is 5.32 Å². The highest BCUT2D eigenvalue weighted by Crippen LogP contribution is 2.44. The van der Waals surface area contributed by atoms with Crippen LogP contribution in [0.4, 0.5) is 9.52 Å². The average Bonchev–Trinajstić information content (AvgIpc) is 3.16. The highest BCUT2D eigenvalue weighted by Gasteiger charge is 2.41. The van der Waals surface area contributed by atoms with Gasteiger partial charge >= 0.3 is 0 Å². The highest BCUT2D eigenvalue weighted by atomic mass is 32.1. The van der Waals surface area contributed by atoms with Gasteiger partial charge in [-0.3, -0.25) is 4.79 Å². The molecule has 152 valence electrons. The van der Waals surface area contributed by atoms with Gasteiger partial charge in [0.15, 0.2) is 5.13 Å². The maximum absolute atomic E-state index is 13.6. The number of nitrogens with one attached hydrogen (secondary N) is 1. The van der Waals surface area contributed by atoms with Crippen LogP contribution in [0.2, 0.25) is 0 Å². The van der Waals surface area contributed by atoms with Gasteiger partial charge < -0.3 is 5.32 Å². The van der Waals surface area contributed by atoms with Crippen LogP contribution in [0.25, 0.3) is 10.2 Å². The second kappa shape index (κ2) is 8.36. The Morgan fingerprint density at radius 3 is 2.20 bits per heavy atom. The van der Waals surface area contributed by atoms with Crippen molar-refractivity contribution in [1.29, 1.82) is 0 Å². The second-order valence-corrected chi connectivity index (χ2v) is 8.64. The summed E-state index contributed by atoms with van der Waals surface area (Å²) in [5, 5.41) is 3.49. The van der Waals surface area contributed by atoms with E-state index in [0.717, 1.165) is 11.1 Å². The quantitative estimate of drug-likeness (QED) is 0.382. The predicted molar refractivity (Wildman–Crippen MR) is 121 cm³/mol. The third kappa shape index (κ3) is 3.85. The van der Waals surface area contributed by atoms with Gasteiger partial charge in [0, 0.05) is 5.92 Å². The summed E-state index contributed by atoms with van der Waals surface area (Å²) in [6.45, 7) is 4.03. The fourth-order valence-corrected chi connectivity index (χ4v) is 4.79. The number of rotatable bonds is 6. The third-order valence-electron chi connectivity index (χ3n) is 5.73. The summed E-state index contributed by atoms with van der Waals surface area (Å²) in [7, 11) is 0. The van der Waals surface area contributed by atoms with Crippen LogP contribution in [0, 0.1) is 11.2 Å². The number of hydrogen-bond donors (Lipinski definition) is 1. The number of benzene rings is 3. The van der Waals surface area contributed by atoms with Crippen LogP contribution in [0.1, 0.15) is 37.3 Å². The van der Waals surface area contributed by atoms with Crippen molar-refractivity contribution < 1.29 is 9.18 Å². The highest BCUT2D eigenvalue weighted by molar-refractivity contribution is 7.22. The number of carbonyl (C=O) groups excluding carboxylic acids is 1. The zero-order valence-corrected chi connectivity index (χ0v) is 17.7. The van der Waals surface area contributed by atoms with Crippen LogP contribution in [0.5, 0.6) is 0 Å². The van der Waals surface area contributed by atoms with Crippen LogP contribution in [-0.4, -0.2) is 10.9 Å². The minimum atomic E-state index is -0.703. The molecular weight excluding hydrogens is 395 g/mol. The number of fused-ring (bicyclic) bond motifs is 1. The summed E-state index contributed by atoms with van der Waals surface area (Å²) in [5.41, 5.74) is 2.16. The molecule has 1 amide bonds. The zero-order valence-electron chi connectivity index (χ0n) is 16.9. The first-order valence-electron chi connectivity index (χ1n) is 9.98. The van der Waals surface area contributed by atoms with Gasteiger partial charge in [0.2, 0.25) is 5.91 Å². The normalized spacial score (nSPS) is 13.3. The number of amides is 1. The molecule has 4 rings (SSSR count). The van der Waals surface area contributed by atoms with Crippen molar-refractivity contribution in [1.82, 2.24) is 4.98 Å². The Morgan fingerprint density at radius 2 is 1.63 bits per heavy atom. The molecule has 0 saturated carbocycles. The van der Waals surface area contributed by atoms with Gasteiger partial charge in [-0.1, -0.05) is 78.9 Å². The molecule has 1 N–H and O–H groups in total. The molecule has 0 bridgehead atoms. The lowest BCUT2D eigenvalue weighted by atomic mass is 9.68. The van der Waals surface area contributed by atoms with Crippen LogP contribution in [0.15, 0.2) is 78.9 Å². The minimum Gasteiger partial charge on any atom is -0.301 e. The molecule has 0 aliphatic rings. The molecule has 5 heteroatoms. The van der Waals surface area contributed by atoms with E-state index in [9.17, 15) is 9.18 Å². The monoisotopic (exact) mass is 418 g/mol.